The number of nitrogens with two attached hydrogens (primary N) is 1. The number of nitrogens with zero attached hydrogens (tertiary/aromatic N) is 2. The summed E-state index contributed by atoms with van der Waals surface area (Å²) in [4.78, 5) is 28.1. The fraction of sp³-hybridized carbons (Fsp3) is 0.158. The van der Waals surface area contributed by atoms with E-state index in [2.05, 4.69) is 20.8 Å². The lowest BCUT2D eigenvalue weighted by Crippen LogP contribution is -2.19. The SMILES string of the molecule is Cc1noc(C)c1CSc1ncccc1C(=O)Nc1cccc(NC(N)=O)c1. The monoisotopic (exact) mass is 397 g/mol. The van der Waals surface area contributed by atoms with E-state index in [0.717, 1.165) is 17.0 Å². The highest BCUT2D eigenvalue weighted by Gasteiger charge is 2.16. The number of hydrogen-bond acceptors (Lipinski definition) is 6. The molecular formula is C19H19N5O3S. The van der Waals surface area contributed by atoms with Crippen molar-refractivity contribution in [2.75, 3.05) is 10.6 Å². The predicted molar refractivity (Wildman–Crippen MR) is 107 cm³/mol. The van der Waals surface area contributed by atoms with Crippen molar-refractivity contribution in [3.8, 4) is 0 Å². The molecule has 3 rings (SSSR count). The van der Waals surface area contributed by atoms with Gasteiger partial charge in [0.05, 0.1) is 11.3 Å². The van der Waals surface area contributed by atoms with E-state index in [1.165, 1.54) is 11.8 Å². The van der Waals surface area contributed by atoms with Crippen LogP contribution in [0.3, 0.4) is 0 Å². The summed E-state index contributed by atoms with van der Waals surface area (Å²) in [6, 6.07) is 9.47. The maximum atomic E-state index is 12.8. The lowest BCUT2D eigenvalue weighted by Gasteiger charge is -2.10. The van der Waals surface area contributed by atoms with E-state index >= 15 is 0 Å². The molecule has 28 heavy (non-hydrogen) atoms. The molecule has 0 saturated carbocycles. The maximum absolute atomic E-state index is 12.8. The number of thioether (sulfide) groups is 1. The van der Waals surface area contributed by atoms with Gasteiger partial charge in [-0.3, -0.25) is 4.79 Å². The van der Waals surface area contributed by atoms with Crippen molar-refractivity contribution in [3.05, 3.63) is 65.2 Å². The average Bonchev–Trinajstić information content (AvgIpc) is 2.98. The van der Waals surface area contributed by atoms with Gasteiger partial charge < -0.3 is 20.9 Å². The number of anilines is 2. The third kappa shape index (κ3) is 4.68. The van der Waals surface area contributed by atoms with Crippen LogP contribution in [0, 0.1) is 13.8 Å². The molecule has 0 bridgehead atoms. The van der Waals surface area contributed by atoms with E-state index < -0.39 is 6.03 Å². The highest BCUT2D eigenvalue weighted by molar-refractivity contribution is 7.98. The number of pyridine rings is 1. The molecule has 2 heterocycles. The van der Waals surface area contributed by atoms with Crippen molar-refractivity contribution in [1.29, 1.82) is 0 Å². The van der Waals surface area contributed by atoms with Gasteiger partial charge in [0, 0.05) is 28.9 Å². The number of nitrogens with one attached hydrogen (secondary N) is 2. The summed E-state index contributed by atoms with van der Waals surface area (Å²) in [5, 5.41) is 9.83. The number of urea groups is 1. The van der Waals surface area contributed by atoms with Crippen molar-refractivity contribution in [2.45, 2.75) is 24.6 Å². The molecule has 8 nitrogen and oxygen atoms in total. The van der Waals surface area contributed by atoms with Crippen LogP contribution >= 0.6 is 11.8 Å². The molecular weight excluding hydrogens is 378 g/mol. The highest BCUT2D eigenvalue weighted by Crippen LogP contribution is 2.27. The van der Waals surface area contributed by atoms with Gasteiger partial charge in [-0.15, -0.1) is 11.8 Å². The van der Waals surface area contributed by atoms with E-state index in [4.69, 9.17) is 10.3 Å². The Hall–Kier alpha value is -3.33. The second kappa shape index (κ2) is 8.57. The lowest BCUT2D eigenvalue weighted by atomic mass is 10.2. The largest absolute Gasteiger partial charge is 0.361 e. The average molecular weight is 397 g/mol. The van der Waals surface area contributed by atoms with E-state index in [0.29, 0.717) is 27.7 Å². The standard InChI is InChI=1S/C19H19N5O3S/c1-11-16(12(2)27-24-11)10-28-18-15(7-4-8-21-18)17(25)22-13-5-3-6-14(9-13)23-19(20)26/h3-9H,10H2,1-2H3,(H,22,25)(H3,20,23,26). The molecule has 3 amide bonds. The second-order valence-corrected chi connectivity index (χ2v) is 6.94. The first-order valence-corrected chi connectivity index (χ1v) is 9.40. The minimum Gasteiger partial charge on any atom is -0.361 e. The van der Waals surface area contributed by atoms with Gasteiger partial charge in [-0.05, 0) is 44.2 Å². The Kier molecular flexibility index (Phi) is 5.95. The van der Waals surface area contributed by atoms with Crippen LogP contribution in [-0.2, 0) is 5.75 Å². The summed E-state index contributed by atoms with van der Waals surface area (Å²) < 4.78 is 5.18. The van der Waals surface area contributed by atoms with Crippen molar-refractivity contribution in [2.24, 2.45) is 5.73 Å². The van der Waals surface area contributed by atoms with E-state index in [1.807, 2.05) is 13.8 Å². The number of carbonyl (C=O) groups is 2. The number of primary amides is 1. The molecule has 0 aliphatic heterocycles. The van der Waals surface area contributed by atoms with Gasteiger partial charge in [0.25, 0.3) is 5.91 Å². The van der Waals surface area contributed by atoms with Crippen LogP contribution in [0.1, 0.15) is 27.4 Å². The Bertz CT molecular complexity index is 999. The van der Waals surface area contributed by atoms with Crippen LogP contribution in [0.15, 0.2) is 52.1 Å². The van der Waals surface area contributed by atoms with Gasteiger partial charge in [0.15, 0.2) is 0 Å². The molecule has 2 aromatic heterocycles. The topological polar surface area (TPSA) is 123 Å². The van der Waals surface area contributed by atoms with Crippen molar-refractivity contribution >= 4 is 35.1 Å². The number of aromatic nitrogens is 2. The lowest BCUT2D eigenvalue weighted by molar-refractivity contribution is 0.102. The molecule has 0 unspecified atom stereocenters. The number of rotatable bonds is 6. The summed E-state index contributed by atoms with van der Waals surface area (Å²) in [5.74, 6) is 1.05. The zero-order valence-corrected chi connectivity index (χ0v) is 16.2. The smallest absolute Gasteiger partial charge is 0.316 e. The van der Waals surface area contributed by atoms with Crippen LogP contribution in [-0.4, -0.2) is 22.1 Å². The molecule has 0 aliphatic rings. The molecule has 0 saturated heterocycles. The van der Waals surface area contributed by atoms with Gasteiger partial charge in [0.1, 0.15) is 10.8 Å². The van der Waals surface area contributed by atoms with E-state index in [-0.39, 0.29) is 5.91 Å². The Morgan fingerprint density at radius 2 is 1.89 bits per heavy atom. The first-order chi connectivity index (χ1) is 13.4. The van der Waals surface area contributed by atoms with Crippen LogP contribution in [0.4, 0.5) is 16.2 Å². The molecule has 0 aliphatic carbocycles. The minimum absolute atomic E-state index is 0.300. The van der Waals surface area contributed by atoms with Gasteiger partial charge in [-0.25, -0.2) is 9.78 Å². The summed E-state index contributed by atoms with van der Waals surface area (Å²) >= 11 is 1.44. The van der Waals surface area contributed by atoms with Crippen LogP contribution in [0.5, 0.6) is 0 Å². The number of amides is 3. The van der Waals surface area contributed by atoms with Gasteiger partial charge in [-0.1, -0.05) is 11.2 Å². The summed E-state index contributed by atoms with van der Waals surface area (Å²) in [6.07, 6.45) is 1.64. The third-order valence-corrected chi connectivity index (χ3v) is 4.97. The Morgan fingerprint density at radius 3 is 2.57 bits per heavy atom. The van der Waals surface area contributed by atoms with Gasteiger partial charge >= 0.3 is 6.03 Å². The summed E-state index contributed by atoms with van der Waals surface area (Å²) in [5.41, 5.74) is 8.41. The molecule has 144 valence electrons. The fourth-order valence-corrected chi connectivity index (χ4v) is 3.69. The van der Waals surface area contributed by atoms with Gasteiger partial charge in [-0.2, -0.15) is 0 Å². The zero-order chi connectivity index (χ0) is 20.1. The number of aryl methyl sites for hydroxylation is 2. The highest BCUT2D eigenvalue weighted by atomic mass is 32.2. The Morgan fingerprint density at radius 1 is 1.14 bits per heavy atom. The Labute approximate surface area is 165 Å². The zero-order valence-electron chi connectivity index (χ0n) is 15.4. The molecule has 3 aromatic rings. The van der Waals surface area contributed by atoms with Crippen molar-refractivity contribution in [3.63, 3.8) is 0 Å². The molecule has 4 N–H and O–H groups in total. The Balaban J connectivity index is 1.75. The summed E-state index contributed by atoms with van der Waals surface area (Å²) in [7, 11) is 0. The molecule has 1 aromatic carbocycles. The molecule has 0 radical (unpaired) electrons. The van der Waals surface area contributed by atoms with Crippen LogP contribution in [0.25, 0.3) is 0 Å². The van der Waals surface area contributed by atoms with Crippen molar-refractivity contribution < 1.29 is 14.1 Å². The van der Waals surface area contributed by atoms with Crippen LogP contribution < -0.4 is 16.4 Å². The number of hydrogen-bond donors (Lipinski definition) is 3. The number of benzene rings is 1. The fourth-order valence-electron chi connectivity index (χ4n) is 2.54. The quantitative estimate of drug-likeness (QED) is 0.545. The maximum Gasteiger partial charge on any atom is 0.316 e. The minimum atomic E-state index is -0.672. The van der Waals surface area contributed by atoms with E-state index in [1.54, 1.807) is 42.6 Å². The first-order valence-electron chi connectivity index (χ1n) is 8.41. The van der Waals surface area contributed by atoms with Crippen LogP contribution in [0.2, 0.25) is 0 Å². The van der Waals surface area contributed by atoms with E-state index in [9.17, 15) is 9.59 Å². The molecule has 0 fully saturated rings. The second-order valence-electron chi connectivity index (χ2n) is 5.97. The normalized spacial score (nSPS) is 10.5. The predicted octanol–water partition coefficient (Wildman–Crippen LogP) is 3.72. The van der Waals surface area contributed by atoms with Crippen molar-refractivity contribution in [1.82, 2.24) is 10.1 Å². The molecule has 0 spiro atoms. The first kappa shape index (κ1) is 19.4. The molecule has 0 atom stereocenters. The third-order valence-electron chi connectivity index (χ3n) is 3.94. The summed E-state index contributed by atoms with van der Waals surface area (Å²) in [6.45, 7) is 3.74. The number of carbonyl (C=O) groups excluding carboxylic acids is 2. The van der Waals surface area contributed by atoms with Gasteiger partial charge in [0.2, 0.25) is 0 Å². The molecule has 9 heteroatoms.